The van der Waals surface area contributed by atoms with Gasteiger partial charge in [0.25, 0.3) is 0 Å². The lowest BCUT2D eigenvalue weighted by Gasteiger charge is -2.13. The Bertz CT molecular complexity index is 394. The fraction of sp³-hybridized carbons (Fsp3) is 0.455. The topological polar surface area (TPSA) is 52.4 Å². The zero-order valence-corrected chi connectivity index (χ0v) is 12.5. The van der Waals surface area contributed by atoms with Crippen LogP contribution in [0.2, 0.25) is 0 Å². The molecular weight excluding hydrogens is 354 g/mol. The lowest BCUT2D eigenvalue weighted by molar-refractivity contribution is -0.386. The Morgan fingerprint density at radius 2 is 2.24 bits per heavy atom. The summed E-state index contributed by atoms with van der Waals surface area (Å²) in [4.78, 5) is 10.4. The largest absolute Gasteiger partial charge is 0.486 e. The maximum atomic E-state index is 10.9. The first-order valence-electron chi connectivity index (χ1n) is 5.21. The molecule has 0 saturated carbocycles. The van der Waals surface area contributed by atoms with E-state index < -0.39 is 4.92 Å². The van der Waals surface area contributed by atoms with Crippen LogP contribution in [0.25, 0.3) is 0 Å². The number of rotatable bonds is 6. The van der Waals surface area contributed by atoms with Crippen LogP contribution < -0.4 is 4.74 Å². The van der Waals surface area contributed by atoms with E-state index in [2.05, 4.69) is 38.8 Å². The number of nitrogens with zero attached hydrogens (tertiary/aromatic N) is 1. The highest BCUT2D eigenvalue weighted by atomic mass is 79.9. The molecule has 0 heterocycles. The van der Waals surface area contributed by atoms with Gasteiger partial charge in [0.15, 0.2) is 5.75 Å². The van der Waals surface area contributed by atoms with E-state index in [1.165, 1.54) is 6.07 Å². The van der Waals surface area contributed by atoms with E-state index in [0.717, 1.165) is 11.8 Å². The van der Waals surface area contributed by atoms with Gasteiger partial charge in [0.1, 0.15) is 0 Å². The van der Waals surface area contributed by atoms with E-state index in [1.807, 2.05) is 0 Å². The van der Waals surface area contributed by atoms with E-state index >= 15 is 0 Å². The lowest BCUT2D eigenvalue weighted by Crippen LogP contribution is -2.13. The minimum Gasteiger partial charge on any atom is -0.486 e. The Balaban J connectivity index is 2.80. The maximum absolute atomic E-state index is 10.9. The van der Waals surface area contributed by atoms with Crippen LogP contribution in [0.15, 0.2) is 22.7 Å². The molecule has 1 rings (SSSR count). The zero-order chi connectivity index (χ0) is 12.8. The molecule has 1 aromatic rings. The molecule has 0 aliphatic carbocycles. The molecule has 1 aromatic carbocycles. The normalized spacial score (nSPS) is 12.2. The van der Waals surface area contributed by atoms with Crippen molar-refractivity contribution in [3.05, 3.63) is 32.8 Å². The fourth-order valence-electron chi connectivity index (χ4n) is 1.23. The van der Waals surface area contributed by atoms with Crippen molar-refractivity contribution < 1.29 is 9.66 Å². The monoisotopic (exact) mass is 365 g/mol. The van der Waals surface area contributed by atoms with Gasteiger partial charge in [-0.1, -0.05) is 38.8 Å². The molecule has 0 N–H and O–H groups in total. The predicted molar refractivity (Wildman–Crippen MR) is 73.9 cm³/mol. The van der Waals surface area contributed by atoms with Crippen LogP contribution in [0, 0.1) is 16.0 Å². The number of hydrogen-bond donors (Lipinski definition) is 0. The Morgan fingerprint density at radius 3 is 2.76 bits per heavy atom. The van der Waals surface area contributed by atoms with Gasteiger partial charge in [-0.2, -0.15) is 0 Å². The van der Waals surface area contributed by atoms with Crippen molar-refractivity contribution >= 4 is 37.5 Å². The number of hydrogen-bond acceptors (Lipinski definition) is 3. The molecular formula is C11H13Br2NO3. The van der Waals surface area contributed by atoms with Crippen LogP contribution in [0.5, 0.6) is 5.75 Å². The average molecular weight is 367 g/mol. The summed E-state index contributed by atoms with van der Waals surface area (Å²) in [6.07, 6.45) is 0.968. The Morgan fingerprint density at radius 1 is 1.53 bits per heavy atom. The highest BCUT2D eigenvalue weighted by Crippen LogP contribution is 2.30. The van der Waals surface area contributed by atoms with E-state index in [-0.39, 0.29) is 5.69 Å². The van der Waals surface area contributed by atoms with Crippen LogP contribution in [0.1, 0.15) is 13.3 Å². The summed E-state index contributed by atoms with van der Waals surface area (Å²) in [5.74, 6) is 0.677. The van der Waals surface area contributed by atoms with Crippen LogP contribution in [-0.2, 0) is 0 Å². The van der Waals surface area contributed by atoms with Crippen molar-refractivity contribution in [2.45, 2.75) is 13.3 Å². The zero-order valence-electron chi connectivity index (χ0n) is 9.36. The number of ether oxygens (including phenoxy) is 1. The number of benzene rings is 1. The predicted octanol–water partition coefficient (Wildman–Crippen LogP) is 4.16. The van der Waals surface area contributed by atoms with E-state index in [9.17, 15) is 10.1 Å². The highest BCUT2D eigenvalue weighted by molar-refractivity contribution is 9.10. The van der Waals surface area contributed by atoms with Crippen molar-refractivity contribution in [1.29, 1.82) is 0 Å². The SMILES string of the molecule is CCC(CBr)COc1ccc(Br)cc1[N+](=O)[O-]. The third-order valence-electron chi connectivity index (χ3n) is 2.39. The Labute approximate surface area is 117 Å². The molecule has 1 unspecified atom stereocenters. The second-order valence-corrected chi connectivity index (χ2v) is 5.17. The lowest BCUT2D eigenvalue weighted by atomic mass is 10.1. The van der Waals surface area contributed by atoms with E-state index in [0.29, 0.717) is 22.7 Å². The van der Waals surface area contributed by atoms with Crippen molar-refractivity contribution in [2.75, 3.05) is 11.9 Å². The third kappa shape index (κ3) is 4.27. The van der Waals surface area contributed by atoms with Gasteiger partial charge in [-0.15, -0.1) is 0 Å². The van der Waals surface area contributed by atoms with Crippen LogP contribution >= 0.6 is 31.9 Å². The molecule has 0 spiro atoms. The number of nitro benzene ring substituents is 1. The van der Waals surface area contributed by atoms with Gasteiger partial charge in [0.05, 0.1) is 11.5 Å². The smallest absolute Gasteiger partial charge is 0.312 e. The number of halogens is 2. The molecule has 0 aliphatic heterocycles. The van der Waals surface area contributed by atoms with Crippen LogP contribution in [0.3, 0.4) is 0 Å². The first-order valence-corrected chi connectivity index (χ1v) is 7.12. The summed E-state index contributed by atoms with van der Waals surface area (Å²) in [7, 11) is 0. The molecule has 0 saturated heterocycles. The summed E-state index contributed by atoms with van der Waals surface area (Å²) >= 11 is 6.59. The van der Waals surface area contributed by atoms with Crippen LogP contribution in [0.4, 0.5) is 5.69 Å². The number of nitro groups is 1. The fourth-order valence-corrected chi connectivity index (χ4v) is 2.23. The van der Waals surface area contributed by atoms with Crippen molar-refractivity contribution in [3.8, 4) is 5.75 Å². The molecule has 0 radical (unpaired) electrons. The van der Waals surface area contributed by atoms with Gasteiger partial charge >= 0.3 is 5.69 Å². The van der Waals surface area contributed by atoms with Crippen molar-refractivity contribution in [3.63, 3.8) is 0 Å². The number of alkyl halides is 1. The average Bonchev–Trinajstić information content (AvgIpc) is 2.31. The summed E-state index contributed by atoms with van der Waals surface area (Å²) in [5.41, 5.74) is -0.0104. The molecule has 1 atom stereocenters. The molecule has 0 fully saturated rings. The highest BCUT2D eigenvalue weighted by Gasteiger charge is 2.16. The summed E-state index contributed by atoms with van der Waals surface area (Å²) in [6, 6.07) is 4.80. The Kier molecular flexibility index (Phi) is 5.91. The molecule has 4 nitrogen and oxygen atoms in total. The minimum atomic E-state index is -0.435. The summed E-state index contributed by atoms with van der Waals surface area (Å²) in [6.45, 7) is 2.54. The maximum Gasteiger partial charge on any atom is 0.312 e. The van der Waals surface area contributed by atoms with Gasteiger partial charge < -0.3 is 4.74 Å². The van der Waals surface area contributed by atoms with Gasteiger partial charge in [-0.05, 0) is 18.6 Å². The van der Waals surface area contributed by atoms with Gasteiger partial charge in [-0.25, -0.2) is 0 Å². The molecule has 0 amide bonds. The van der Waals surface area contributed by atoms with Crippen LogP contribution in [-0.4, -0.2) is 16.9 Å². The molecule has 94 valence electrons. The standard InChI is InChI=1S/C11H13Br2NO3/c1-2-8(6-12)7-17-11-4-3-9(13)5-10(11)14(15)16/h3-5,8H,2,6-7H2,1H3. The molecule has 6 heteroatoms. The summed E-state index contributed by atoms with van der Waals surface area (Å²) in [5, 5.41) is 11.7. The molecule has 0 bridgehead atoms. The van der Waals surface area contributed by atoms with E-state index in [1.54, 1.807) is 12.1 Å². The first-order chi connectivity index (χ1) is 8.08. The van der Waals surface area contributed by atoms with Gasteiger partial charge in [0.2, 0.25) is 0 Å². The van der Waals surface area contributed by atoms with Gasteiger partial charge in [-0.3, -0.25) is 10.1 Å². The molecule has 17 heavy (non-hydrogen) atoms. The third-order valence-corrected chi connectivity index (χ3v) is 3.80. The first kappa shape index (κ1) is 14.4. The molecule has 0 aromatic heterocycles. The summed E-state index contributed by atoms with van der Waals surface area (Å²) < 4.78 is 6.18. The van der Waals surface area contributed by atoms with E-state index in [4.69, 9.17) is 4.74 Å². The Hall–Kier alpha value is -0.620. The van der Waals surface area contributed by atoms with Crippen molar-refractivity contribution in [2.24, 2.45) is 5.92 Å². The minimum absolute atomic E-state index is 0.0104. The van der Waals surface area contributed by atoms with Crippen molar-refractivity contribution in [1.82, 2.24) is 0 Å². The second-order valence-electron chi connectivity index (χ2n) is 3.61. The quantitative estimate of drug-likeness (QED) is 0.431. The van der Waals surface area contributed by atoms with Gasteiger partial charge in [0, 0.05) is 21.8 Å². The second kappa shape index (κ2) is 6.96. The molecule has 0 aliphatic rings.